The van der Waals surface area contributed by atoms with Crippen LogP contribution in [0.15, 0.2) is 54.6 Å². The number of rotatable bonds is 3. The fraction of sp³-hybridized carbons (Fsp3) is 0.200. The van der Waals surface area contributed by atoms with Crippen LogP contribution in [-0.2, 0) is 9.63 Å². The number of hydrogen-bond acceptors (Lipinski definition) is 5. The number of amides is 4. The van der Waals surface area contributed by atoms with E-state index in [0.717, 1.165) is 0 Å². The molecule has 1 atom stereocenters. The Hall–Kier alpha value is -3.68. The van der Waals surface area contributed by atoms with Gasteiger partial charge in [0, 0.05) is 12.2 Å². The van der Waals surface area contributed by atoms with Gasteiger partial charge in [-0.15, -0.1) is 0 Å². The first kappa shape index (κ1) is 17.7. The first-order chi connectivity index (χ1) is 13.6. The minimum atomic E-state index is -0.868. The highest BCUT2D eigenvalue weighted by molar-refractivity contribution is 6.21. The van der Waals surface area contributed by atoms with Gasteiger partial charge in [0.15, 0.2) is 0 Å². The summed E-state index contributed by atoms with van der Waals surface area (Å²) in [7, 11) is 0. The molecule has 142 valence electrons. The lowest BCUT2D eigenvalue weighted by molar-refractivity contribution is -0.173. The van der Waals surface area contributed by atoms with Crippen molar-refractivity contribution < 1.29 is 24.0 Å². The lowest BCUT2D eigenvalue weighted by Crippen LogP contribution is -2.46. The molecule has 0 radical (unpaired) electrons. The Balaban J connectivity index is 1.45. The van der Waals surface area contributed by atoms with Gasteiger partial charge in [0.25, 0.3) is 11.8 Å². The first-order valence-corrected chi connectivity index (χ1v) is 8.88. The van der Waals surface area contributed by atoms with E-state index in [2.05, 4.69) is 5.32 Å². The lowest BCUT2D eigenvalue weighted by Gasteiger charge is -2.24. The molecule has 0 saturated carbocycles. The molecule has 2 heterocycles. The summed E-state index contributed by atoms with van der Waals surface area (Å²) in [6.07, 6.45) is 1.01. The molecule has 1 N–H and O–H groups in total. The second-order valence-electron chi connectivity index (χ2n) is 6.51. The number of nitrogens with zero attached hydrogens (tertiary/aromatic N) is 2. The normalized spacial score (nSPS) is 18.2. The summed E-state index contributed by atoms with van der Waals surface area (Å²) < 4.78 is 0. The summed E-state index contributed by atoms with van der Waals surface area (Å²) in [5.74, 6) is -2.19. The van der Waals surface area contributed by atoms with Crippen molar-refractivity contribution >= 4 is 29.5 Å². The summed E-state index contributed by atoms with van der Waals surface area (Å²) in [6.45, 7) is 0.376. The number of carbonyl (C=O) groups is 4. The average Bonchev–Trinajstić information content (AvgIpc) is 3.29. The predicted molar refractivity (Wildman–Crippen MR) is 98.2 cm³/mol. The summed E-state index contributed by atoms with van der Waals surface area (Å²) >= 11 is 0. The largest absolute Gasteiger partial charge is 0.355 e. The molecule has 28 heavy (non-hydrogen) atoms. The number of imide groups is 1. The van der Waals surface area contributed by atoms with Gasteiger partial charge in [-0.05, 0) is 37.1 Å². The molecular weight excluding hydrogens is 362 g/mol. The number of hydroxylamine groups is 2. The number of carbonyl (C=O) groups excluding carboxylic acids is 4. The molecule has 2 aromatic rings. The van der Waals surface area contributed by atoms with Crippen LogP contribution in [0.4, 0.5) is 10.5 Å². The highest BCUT2D eigenvalue weighted by atomic mass is 16.7. The molecule has 0 bridgehead atoms. The lowest BCUT2D eigenvalue weighted by atomic mass is 10.1. The third-order valence-corrected chi connectivity index (χ3v) is 4.75. The quantitative estimate of drug-likeness (QED) is 0.827. The summed E-state index contributed by atoms with van der Waals surface area (Å²) in [4.78, 5) is 56.3. The van der Waals surface area contributed by atoms with Crippen molar-refractivity contribution in [1.82, 2.24) is 9.96 Å². The summed E-state index contributed by atoms with van der Waals surface area (Å²) in [5, 5.41) is 3.20. The second-order valence-corrected chi connectivity index (χ2v) is 6.51. The van der Waals surface area contributed by atoms with Crippen LogP contribution in [0, 0.1) is 0 Å². The van der Waals surface area contributed by atoms with Gasteiger partial charge < -0.3 is 15.1 Å². The molecule has 0 spiro atoms. The van der Waals surface area contributed by atoms with E-state index in [1.165, 1.54) is 17.0 Å². The zero-order valence-corrected chi connectivity index (χ0v) is 14.8. The van der Waals surface area contributed by atoms with Crippen molar-refractivity contribution in [1.29, 1.82) is 0 Å². The monoisotopic (exact) mass is 379 g/mol. The van der Waals surface area contributed by atoms with Crippen LogP contribution in [0.2, 0.25) is 0 Å². The van der Waals surface area contributed by atoms with Gasteiger partial charge in [-0.1, -0.05) is 35.4 Å². The van der Waals surface area contributed by atoms with Crippen LogP contribution in [0.25, 0.3) is 0 Å². The van der Waals surface area contributed by atoms with E-state index in [1.54, 1.807) is 36.4 Å². The number of benzene rings is 2. The van der Waals surface area contributed by atoms with Crippen molar-refractivity contribution in [2.24, 2.45) is 0 Å². The Morgan fingerprint density at radius 3 is 2.18 bits per heavy atom. The van der Waals surface area contributed by atoms with Gasteiger partial charge in [-0.2, -0.15) is 0 Å². The predicted octanol–water partition coefficient (Wildman–Crippen LogP) is 2.44. The number of hydrogen-bond donors (Lipinski definition) is 1. The Morgan fingerprint density at radius 1 is 0.929 bits per heavy atom. The van der Waals surface area contributed by atoms with Gasteiger partial charge in [0.1, 0.15) is 6.04 Å². The third kappa shape index (κ3) is 3.09. The van der Waals surface area contributed by atoms with Crippen molar-refractivity contribution in [3.63, 3.8) is 0 Å². The maximum atomic E-state index is 12.6. The smallest absolute Gasteiger partial charge is 0.327 e. The summed E-state index contributed by atoms with van der Waals surface area (Å²) in [5.41, 5.74) is 0.975. The van der Waals surface area contributed by atoms with Crippen LogP contribution in [-0.4, -0.2) is 46.4 Å². The standard InChI is InChI=1S/C20H17N3O5/c24-17-14-9-4-5-10-15(14)18(25)23(17)28-19(26)16-11-6-12-22(16)20(27)21-13-7-2-1-3-8-13/h1-5,7-10,16H,6,11-12H2,(H,21,27). The first-order valence-electron chi connectivity index (χ1n) is 8.88. The van der Waals surface area contributed by atoms with Gasteiger partial charge in [-0.25, -0.2) is 9.59 Å². The number of fused-ring (bicyclic) bond motifs is 1. The average molecular weight is 379 g/mol. The summed E-state index contributed by atoms with van der Waals surface area (Å²) in [6, 6.07) is 13.8. The second kappa shape index (κ2) is 7.15. The number of likely N-dealkylation sites (tertiary alicyclic amines) is 1. The number of para-hydroxylation sites is 1. The van der Waals surface area contributed by atoms with Crippen LogP contribution < -0.4 is 5.32 Å². The van der Waals surface area contributed by atoms with E-state index < -0.39 is 29.9 Å². The highest BCUT2D eigenvalue weighted by Crippen LogP contribution is 2.25. The molecule has 2 aliphatic heterocycles. The molecular formula is C20H17N3O5. The molecule has 0 aromatic heterocycles. The third-order valence-electron chi connectivity index (χ3n) is 4.75. The zero-order valence-electron chi connectivity index (χ0n) is 14.8. The molecule has 4 amide bonds. The number of urea groups is 1. The molecule has 8 heteroatoms. The Labute approximate surface area is 160 Å². The van der Waals surface area contributed by atoms with Crippen LogP contribution >= 0.6 is 0 Å². The van der Waals surface area contributed by atoms with Crippen LogP contribution in [0.5, 0.6) is 0 Å². The zero-order chi connectivity index (χ0) is 19.7. The maximum absolute atomic E-state index is 12.6. The number of nitrogens with one attached hydrogen (secondary N) is 1. The van der Waals surface area contributed by atoms with E-state index in [0.29, 0.717) is 30.1 Å². The molecule has 1 saturated heterocycles. The molecule has 8 nitrogen and oxygen atoms in total. The minimum Gasteiger partial charge on any atom is -0.327 e. The minimum absolute atomic E-state index is 0.186. The van der Waals surface area contributed by atoms with Crippen LogP contribution in [0.1, 0.15) is 33.6 Å². The van der Waals surface area contributed by atoms with E-state index in [9.17, 15) is 19.2 Å². The Bertz CT molecular complexity index is 924. The fourth-order valence-corrected chi connectivity index (χ4v) is 3.37. The van der Waals surface area contributed by atoms with Gasteiger partial charge >= 0.3 is 12.0 Å². The molecule has 0 aliphatic carbocycles. The molecule has 4 rings (SSSR count). The van der Waals surface area contributed by atoms with Crippen LogP contribution in [0.3, 0.4) is 0 Å². The molecule has 2 aliphatic rings. The molecule has 1 unspecified atom stereocenters. The van der Waals surface area contributed by atoms with Gasteiger partial charge in [0.2, 0.25) is 0 Å². The topological polar surface area (TPSA) is 96.0 Å². The van der Waals surface area contributed by atoms with Gasteiger partial charge in [0.05, 0.1) is 11.1 Å². The SMILES string of the molecule is O=C(ON1C(=O)c2ccccc2C1=O)C1CCCN1C(=O)Nc1ccccc1. The Kier molecular flexibility index (Phi) is 4.52. The van der Waals surface area contributed by atoms with Crippen molar-refractivity contribution in [3.05, 3.63) is 65.7 Å². The Morgan fingerprint density at radius 2 is 1.54 bits per heavy atom. The van der Waals surface area contributed by atoms with E-state index in [1.807, 2.05) is 6.07 Å². The van der Waals surface area contributed by atoms with Crippen molar-refractivity contribution in [3.8, 4) is 0 Å². The van der Waals surface area contributed by atoms with Gasteiger partial charge in [-0.3, -0.25) is 9.59 Å². The van der Waals surface area contributed by atoms with Crippen molar-refractivity contribution in [2.45, 2.75) is 18.9 Å². The van der Waals surface area contributed by atoms with E-state index in [-0.39, 0.29) is 11.1 Å². The molecule has 2 aromatic carbocycles. The van der Waals surface area contributed by atoms with Crippen molar-refractivity contribution in [2.75, 3.05) is 11.9 Å². The van der Waals surface area contributed by atoms with E-state index in [4.69, 9.17) is 4.84 Å². The highest BCUT2D eigenvalue weighted by Gasteiger charge is 2.42. The number of anilines is 1. The van der Waals surface area contributed by atoms with E-state index >= 15 is 0 Å². The maximum Gasteiger partial charge on any atom is 0.355 e. The fourth-order valence-electron chi connectivity index (χ4n) is 3.37. The molecule has 1 fully saturated rings.